The molecule has 3 nitrogen and oxygen atoms in total. The van der Waals surface area contributed by atoms with Crippen molar-refractivity contribution < 1.29 is 4.68 Å². The zero-order valence-corrected chi connectivity index (χ0v) is 9.25. The van der Waals surface area contributed by atoms with E-state index >= 15 is 0 Å². The van der Waals surface area contributed by atoms with Crippen LogP contribution in [0.4, 0.5) is 5.82 Å². The summed E-state index contributed by atoms with van der Waals surface area (Å²) in [6.45, 7) is 0. The molecule has 3 rings (SSSR count). The zero-order chi connectivity index (χ0) is 11.5. The van der Waals surface area contributed by atoms with Gasteiger partial charge in [0, 0.05) is 17.6 Å². The first kappa shape index (κ1) is 9.78. The molecule has 0 spiro atoms. The van der Waals surface area contributed by atoms with E-state index in [-0.39, 0.29) is 0 Å². The molecule has 0 radical (unpaired) electrons. The summed E-state index contributed by atoms with van der Waals surface area (Å²) in [7, 11) is 0. The monoisotopic (exact) mass is 222 g/mol. The standard InChI is InChI=1S/C14H12N3/c1-2-6-13-11-17(10-8-12(13)5-1)16-14-7-3-4-9-15-14/h1-11H,(H,15,16)/q+1. The molecule has 1 N–H and O–H groups in total. The van der Waals surface area contributed by atoms with Gasteiger partial charge in [0.2, 0.25) is 12.4 Å². The van der Waals surface area contributed by atoms with Crippen LogP contribution in [-0.4, -0.2) is 4.98 Å². The second-order valence-corrected chi connectivity index (χ2v) is 3.81. The van der Waals surface area contributed by atoms with Gasteiger partial charge in [-0.15, -0.1) is 5.43 Å². The summed E-state index contributed by atoms with van der Waals surface area (Å²) >= 11 is 0. The summed E-state index contributed by atoms with van der Waals surface area (Å²) in [6.07, 6.45) is 5.80. The Morgan fingerprint density at radius 1 is 0.882 bits per heavy atom. The van der Waals surface area contributed by atoms with E-state index in [4.69, 9.17) is 0 Å². The maximum absolute atomic E-state index is 4.22. The molecule has 0 aliphatic carbocycles. The van der Waals surface area contributed by atoms with Crippen LogP contribution in [-0.2, 0) is 0 Å². The number of pyridine rings is 2. The highest BCUT2D eigenvalue weighted by Crippen LogP contribution is 2.09. The van der Waals surface area contributed by atoms with E-state index in [1.807, 2.05) is 47.4 Å². The van der Waals surface area contributed by atoms with E-state index in [1.165, 1.54) is 10.8 Å². The van der Waals surface area contributed by atoms with Gasteiger partial charge >= 0.3 is 0 Å². The topological polar surface area (TPSA) is 28.8 Å². The molecular weight excluding hydrogens is 210 g/mol. The quantitative estimate of drug-likeness (QED) is 0.674. The summed E-state index contributed by atoms with van der Waals surface area (Å²) in [4.78, 5) is 4.22. The Kier molecular flexibility index (Phi) is 2.43. The fourth-order valence-electron chi connectivity index (χ4n) is 1.76. The predicted molar refractivity (Wildman–Crippen MR) is 67.4 cm³/mol. The maximum atomic E-state index is 4.22. The number of hydrogen-bond acceptors (Lipinski definition) is 2. The highest BCUT2D eigenvalue weighted by Gasteiger charge is 2.03. The highest BCUT2D eigenvalue weighted by molar-refractivity contribution is 5.80. The average Bonchev–Trinajstić information content (AvgIpc) is 2.40. The largest absolute Gasteiger partial charge is 0.234 e. The van der Waals surface area contributed by atoms with Crippen molar-refractivity contribution in [3.8, 4) is 0 Å². The normalized spacial score (nSPS) is 10.4. The second-order valence-electron chi connectivity index (χ2n) is 3.81. The Morgan fingerprint density at radius 2 is 1.71 bits per heavy atom. The van der Waals surface area contributed by atoms with Crippen molar-refractivity contribution in [3.63, 3.8) is 0 Å². The van der Waals surface area contributed by atoms with E-state index < -0.39 is 0 Å². The van der Waals surface area contributed by atoms with E-state index in [2.05, 4.69) is 28.6 Å². The van der Waals surface area contributed by atoms with Crippen LogP contribution in [0.25, 0.3) is 10.8 Å². The SMILES string of the molecule is c1ccc(N[n+]2ccc3ccccc3c2)nc1. The van der Waals surface area contributed by atoms with Crippen molar-refractivity contribution in [3.05, 3.63) is 67.1 Å². The molecule has 0 saturated carbocycles. The van der Waals surface area contributed by atoms with E-state index in [1.54, 1.807) is 6.20 Å². The van der Waals surface area contributed by atoms with Gasteiger partial charge in [-0.25, -0.2) is 4.98 Å². The van der Waals surface area contributed by atoms with E-state index in [9.17, 15) is 0 Å². The fourth-order valence-corrected chi connectivity index (χ4v) is 1.76. The third-order valence-corrected chi connectivity index (χ3v) is 2.60. The molecule has 17 heavy (non-hydrogen) atoms. The fraction of sp³-hybridized carbons (Fsp3) is 0. The lowest BCUT2D eigenvalue weighted by Crippen LogP contribution is -2.41. The summed E-state index contributed by atoms with van der Waals surface area (Å²) in [6, 6.07) is 16.1. The van der Waals surface area contributed by atoms with Crippen LogP contribution in [0.5, 0.6) is 0 Å². The minimum atomic E-state index is 0.827. The van der Waals surface area contributed by atoms with E-state index in [0.717, 1.165) is 5.82 Å². The van der Waals surface area contributed by atoms with Crippen LogP contribution in [0.3, 0.4) is 0 Å². The molecule has 3 aromatic rings. The lowest BCUT2D eigenvalue weighted by atomic mass is 10.2. The minimum absolute atomic E-state index is 0.827. The van der Waals surface area contributed by atoms with Crippen LogP contribution >= 0.6 is 0 Å². The Labute approximate surface area is 99.3 Å². The average molecular weight is 222 g/mol. The number of nitrogens with one attached hydrogen (secondary N) is 1. The van der Waals surface area contributed by atoms with Crippen LogP contribution in [0.1, 0.15) is 0 Å². The molecule has 3 heteroatoms. The first-order valence-electron chi connectivity index (χ1n) is 5.50. The Bertz CT molecular complexity index is 635. The van der Waals surface area contributed by atoms with Gasteiger partial charge in [0.05, 0.1) is 0 Å². The second kappa shape index (κ2) is 4.22. The molecule has 0 unspecified atom stereocenters. The third kappa shape index (κ3) is 2.08. The predicted octanol–water partition coefficient (Wildman–Crippen LogP) is 2.40. The molecule has 2 heterocycles. The van der Waals surface area contributed by atoms with Gasteiger partial charge in [0.15, 0.2) is 5.82 Å². The molecule has 2 aromatic heterocycles. The summed E-state index contributed by atoms with van der Waals surface area (Å²) in [5.74, 6) is 0.827. The number of aromatic nitrogens is 2. The number of nitrogens with zero attached hydrogens (tertiary/aromatic N) is 2. The van der Waals surface area contributed by atoms with Crippen molar-refractivity contribution in [2.45, 2.75) is 0 Å². The lowest BCUT2D eigenvalue weighted by Gasteiger charge is -2.00. The van der Waals surface area contributed by atoms with Gasteiger partial charge in [-0.1, -0.05) is 28.9 Å². The Balaban J connectivity index is 1.96. The van der Waals surface area contributed by atoms with Crippen molar-refractivity contribution in [2.75, 3.05) is 5.43 Å². The highest BCUT2D eigenvalue weighted by atomic mass is 15.4. The lowest BCUT2D eigenvalue weighted by molar-refractivity contribution is -0.641. The van der Waals surface area contributed by atoms with Gasteiger partial charge in [-0.05, 0) is 23.6 Å². The summed E-state index contributed by atoms with van der Waals surface area (Å²) in [5.41, 5.74) is 3.20. The summed E-state index contributed by atoms with van der Waals surface area (Å²) < 4.78 is 1.91. The molecular formula is C14H12N3+. The Hall–Kier alpha value is -2.42. The van der Waals surface area contributed by atoms with Gasteiger partial charge in [-0.2, -0.15) is 0 Å². The molecule has 0 aliphatic rings. The first-order chi connectivity index (χ1) is 8.42. The van der Waals surface area contributed by atoms with Gasteiger partial charge in [0.1, 0.15) is 0 Å². The Morgan fingerprint density at radius 3 is 2.53 bits per heavy atom. The van der Waals surface area contributed by atoms with E-state index in [0.29, 0.717) is 0 Å². The minimum Gasteiger partial charge on any atom is -0.234 e. The van der Waals surface area contributed by atoms with Crippen molar-refractivity contribution in [1.29, 1.82) is 0 Å². The van der Waals surface area contributed by atoms with Gasteiger partial charge in [-0.3, -0.25) is 0 Å². The molecule has 0 atom stereocenters. The molecule has 0 fully saturated rings. The number of anilines is 1. The number of benzene rings is 1. The molecule has 0 amide bonds. The smallest absolute Gasteiger partial charge is 0.207 e. The maximum Gasteiger partial charge on any atom is 0.207 e. The van der Waals surface area contributed by atoms with Gasteiger partial charge in [0.25, 0.3) is 0 Å². The third-order valence-electron chi connectivity index (χ3n) is 2.60. The molecule has 0 bridgehead atoms. The number of rotatable bonds is 2. The molecule has 0 saturated heterocycles. The van der Waals surface area contributed by atoms with Crippen LogP contribution in [0.15, 0.2) is 67.1 Å². The first-order valence-corrected chi connectivity index (χ1v) is 5.50. The molecule has 0 aliphatic heterocycles. The van der Waals surface area contributed by atoms with Crippen LogP contribution < -0.4 is 10.1 Å². The van der Waals surface area contributed by atoms with Crippen molar-refractivity contribution >= 4 is 16.6 Å². The van der Waals surface area contributed by atoms with Crippen molar-refractivity contribution in [1.82, 2.24) is 4.98 Å². The number of fused-ring (bicyclic) bond motifs is 1. The molecule has 1 aromatic carbocycles. The van der Waals surface area contributed by atoms with Crippen LogP contribution in [0, 0.1) is 0 Å². The van der Waals surface area contributed by atoms with Crippen molar-refractivity contribution in [2.24, 2.45) is 0 Å². The zero-order valence-electron chi connectivity index (χ0n) is 9.25. The summed E-state index contributed by atoms with van der Waals surface area (Å²) in [5, 5.41) is 2.42. The van der Waals surface area contributed by atoms with Crippen LogP contribution in [0.2, 0.25) is 0 Å². The molecule has 82 valence electrons. The number of hydrogen-bond donors (Lipinski definition) is 1. The van der Waals surface area contributed by atoms with Gasteiger partial charge < -0.3 is 0 Å².